The fraction of sp³-hybridized carbons (Fsp3) is 0.158. The van der Waals surface area contributed by atoms with E-state index in [9.17, 15) is 9.59 Å². The van der Waals surface area contributed by atoms with Gasteiger partial charge in [-0.2, -0.15) is 10.5 Å². The molecule has 6 heteroatoms. The summed E-state index contributed by atoms with van der Waals surface area (Å²) >= 11 is 0. The van der Waals surface area contributed by atoms with E-state index in [1.807, 2.05) is 6.07 Å². The number of hydrogen-bond donors (Lipinski definition) is 1. The molecule has 3 rings (SSSR count). The maximum atomic E-state index is 12.4. The van der Waals surface area contributed by atoms with Gasteiger partial charge in [0.05, 0.1) is 23.3 Å². The summed E-state index contributed by atoms with van der Waals surface area (Å²) < 4.78 is 0. The molecule has 0 radical (unpaired) electrons. The monoisotopic (exact) mass is 330 g/mol. The molecule has 0 saturated carbocycles. The van der Waals surface area contributed by atoms with E-state index < -0.39 is 5.91 Å². The number of nitrogens with zero attached hydrogens (tertiary/aromatic N) is 3. The van der Waals surface area contributed by atoms with Crippen LogP contribution in [0.3, 0.4) is 0 Å². The van der Waals surface area contributed by atoms with Crippen molar-refractivity contribution in [2.75, 3.05) is 16.8 Å². The third-order valence-electron chi connectivity index (χ3n) is 4.01. The van der Waals surface area contributed by atoms with Crippen LogP contribution in [-0.4, -0.2) is 18.4 Å². The molecule has 0 spiro atoms. The number of amides is 2. The molecule has 0 fully saturated rings. The highest BCUT2D eigenvalue weighted by atomic mass is 16.2. The first-order valence-electron chi connectivity index (χ1n) is 7.74. The first kappa shape index (κ1) is 16.2. The Morgan fingerprint density at radius 1 is 1.04 bits per heavy atom. The summed E-state index contributed by atoms with van der Waals surface area (Å²) in [6.45, 7) is 0.507. The van der Waals surface area contributed by atoms with Crippen LogP contribution < -0.4 is 10.2 Å². The second kappa shape index (κ2) is 6.86. The number of carbonyl (C=O) groups is 2. The highest BCUT2D eigenvalue weighted by Crippen LogP contribution is 2.29. The minimum Gasteiger partial charge on any atom is -0.326 e. The molecule has 0 atom stereocenters. The van der Waals surface area contributed by atoms with Gasteiger partial charge in [-0.05, 0) is 54.4 Å². The summed E-state index contributed by atoms with van der Waals surface area (Å²) in [5, 5.41) is 20.3. The van der Waals surface area contributed by atoms with Gasteiger partial charge < -0.3 is 10.2 Å². The number of anilines is 2. The minimum atomic E-state index is -0.406. The van der Waals surface area contributed by atoms with Gasteiger partial charge in [0.15, 0.2) is 0 Å². The predicted molar refractivity (Wildman–Crippen MR) is 91.6 cm³/mol. The molecule has 1 aliphatic rings. The maximum Gasteiger partial charge on any atom is 0.236 e. The molecule has 0 unspecified atom stereocenters. The summed E-state index contributed by atoms with van der Waals surface area (Å²) in [7, 11) is 0. The molecule has 1 aliphatic heterocycles. The van der Waals surface area contributed by atoms with Crippen molar-refractivity contribution < 1.29 is 9.59 Å². The predicted octanol–water partition coefficient (Wildman–Crippen LogP) is 2.35. The molecular weight excluding hydrogens is 316 g/mol. The third-order valence-corrected chi connectivity index (χ3v) is 4.01. The van der Waals surface area contributed by atoms with Crippen molar-refractivity contribution in [2.24, 2.45) is 0 Å². The lowest BCUT2D eigenvalue weighted by Gasteiger charge is -2.17. The zero-order valence-electron chi connectivity index (χ0n) is 13.3. The Balaban J connectivity index is 1.64. The molecular formula is C19H14N4O2. The van der Waals surface area contributed by atoms with E-state index in [2.05, 4.69) is 11.4 Å². The Labute approximate surface area is 144 Å². The van der Waals surface area contributed by atoms with Crippen LogP contribution in [-0.2, 0) is 16.0 Å². The van der Waals surface area contributed by atoms with Crippen LogP contribution in [0.15, 0.2) is 42.5 Å². The number of hydrogen-bond acceptors (Lipinski definition) is 4. The summed E-state index contributed by atoms with van der Waals surface area (Å²) in [5.74, 6) is -0.689. The Morgan fingerprint density at radius 3 is 2.40 bits per heavy atom. The van der Waals surface area contributed by atoms with Crippen LogP contribution in [0.1, 0.15) is 23.1 Å². The van der Waals surface area contributed by atoms with E-state index in [4.69, 9.17) is 10.5 Å². The molecule has 0 saturated heterocycles. The fourth-order valence-corrected chi connectivity index (χ4v) is 2.80. The van der Waals surface area contributed by atoms with E-state index in [1.165, 1.54) is 0 Å². The molecule has 0 aliphatic carbocycles. The standard InChI is InChI=1S/C19H14N4O2/c20-11-13-1-4-16(5-2-13)22-18(24)10-19(25)23-8-7-15-9-14(12-21)3-6-17(15)23/h1-6,9H,7-8,10H2,(H,22,24). The van der Waals surface area contributed by atoms with Gasteiger partial charge in [-0.25, -0.2) is 0 Å². The average Bonchev–Trinajstić information content (AvgIpc) is 3.05. The van der Waals surface area contributed by atoms with E-state index in [-0.39, 0.29) is 12.3 Å². The number of nitriles is 2. The summed E-state index contributed by atoms with van der Waals surface area (Å²) in [6, 6.07) is 15.7. The maximum absolute atomic E-state index is 12.4. The van der Waals surface area contributed by atoms with E-state index in [0.29, 0.717) is 29.8 Å². The van der Waals surface area contributed by atoms with Crippen LogP contribution in [0.5, 0.6) is 0 Å². The van der Waals surface area contributed by atoms with Gasteiger partial charge in [-0.3, -0.25) is 9.59 Å². The SMILES string of the molecule is N#Cc1ccc(NC(=O)CC(=O)N2CCc3cc(C#N)ccc32)cc1. The van der Waals surface area contributed by atoms with Crippen molar-refractivity contribution >= 4 is 23.2 Å². The highest BCUT2D eigenvalue weighted by Gasteiger charge is 2.26. The lowest BCUT2D eigenvalue weighted by atomic mass is 10.1. The number of fused-ring (bicyclic) bond motifs is 1. The molecule has 1 heterocycles. The molecule has 122 valence electrons. The summed E-state index contributed by atoms with van der Waals surface area (Å²) in [6.07, 6.45) is 0.410. The van der Waals surface area contributed by atoms with E-state index in [0.717, 1.165) is 11.3 Å². The molecule has 0 bridgehead atoms. The summed E-state index contributed by atoms with van der Waals surface area (Å²) in [5.41, 5.74) is 3.30. The Hall–Kier alpha value is -3.64. The molecule has 1 N–H and O–H groups in total. The highest BCUT2D eigenvalue weighted by molar-refractivity contribution is 6.09. The van der Waals surface area contributed by atoms with Gasteiger partial charge in [0.1, 0.15) is 6.42 Å². The van der Waals surface area contributed by atoms with Crippen LogP contribution >= 0.6 is 0 Å². The average molecular weight is 330 g/mol. The number of rotatable bonds is 3. The molecule has 2 aromatic carbocycles. The third kappa shape index (κ3) is 3.49. The lowest BCUT2D eigenvalue weighted by Crippen LogP contribution is -2.32. The van der Waals surface area contributed by atoms with E-state index >= 15 is 0 Å². The van der Waals surface area contributed by atoms with Crippen LogP contribution in [0.2, 0.25) is 0 Å². The molecule has 6 nitrogen and oxygen atoms in total. The van der Waals surface area contributed by atoms with Crippen LogP contribution in [0.25, 0.3) is 0 Å². The Bertz CT molecular complexity index is 920. The second-order valence-electron chi connectivity index (χ2n) is 5.66. The lowest BCUT2D eigenvalue weighted by molar-refractivity contribution is -0.125. The first-order chi connectivity index (χ1) is 12.1. The largest absolute Gasteiger partial charge is 0.326 e. The van der Waals surface area contributed by atoms with Gasteiger partial charge in [0, 0.05) is 17.9 Å². The van der Waals surface area contributed by atoms with E-state index in [1.54, 1.807) is 47.4 Å². The second-order valence-corrected chi connectivity index (χ2v) is 5.66. The number of benzene rings is 2. The van der Waals surface area contributed by atoms with Crippen molar-refractivity contribution in [3.63, 3.8) is 0 Å². The van der Waals surface area contributed by atoms with Crippen molar-refractivity contribution in [3.05, 3.63) is 59.2 Å². The van der Waals surface area contributed by atoms with Crippen molar-refractivity contribution in [3.8, 4) is 12.1 Å². The van der Waals surface area contributed by atoms with Crippen molar-refractivity contribution in [1.82, 2.24) is 0 Å². The van der Waals surface area contributed by atoms with Gasteiger partial charge in [0.2, 0.25) is 11.8 Å². The number of nitrogens with one attached hydrogen (secondary N) is 1. The Morgan fingerprint density at radius 2 is 1.72 bits per heavy atom. The zero-order valence-corrected chi connectivity index (χ0v) is 13.3. The first-order valence-corrected chi connectivity index (χ1v) is 7.74. The van der Waals surface area contributed by atoms with Crippen LogP contribution in [0.4, 0.5) is 11.4 Å². The van der Waals surface area contributed by atoms with Gasteiger partial charge >= 0.3 is 0 Å². The summed E-state index contributed by atoms with van der Waals surface area (Å²) in [4.78, 5) is 26.1. The van der Waals surface area contributed by atoms with Crippen molar-refractivity contribution in [1.29, 1.82) is 10.5 Å². The molecule has 0 aromatic heterocycles. The van der Waals surface area contributed by atoms with Gasteiger partial charge in [-0.15, -0.1) is 0 Å². The molecule has 2 amide bonds. The van der Waals surface area contributed by atoms with Crippen LogP contribution in [0, 0.1) is 22.7 Å². The smallest absolute Gasteiger partial charge is 0.236 e. The van der Waals surface area contributed by atoms with Gasteiger partial charge in [0.25, 0.3) is 0 Å². The van der Waals surface area contributed by atoms with Gasteiger partial charge in [-0.1, -0.05) is 0 Å². The molecule has 2 aromatic rings. The molecule has 25 heavy (non-hydrogen) atoms. The topological polar surface area (TPSA) is 97.0 Å². The fourth-order valence-electron chi connectivity index (χ4n) is 2.80. The zero-order chi connectivity index (χ0) is 17.8. The normalized spacial score (nSPS) is 12.0. The number of carbonyl (C=O) groups excluding carboxylic acids is 2. The quantitative estimate of drug-likeness (QED) is 0.874. The minimum absolute atomic E-state index is 0.264. The Kier molecular flexibility index (Phi) is 4.45. The van der Waals surface area contributed by atoms with Crippen molar-refractivity contribution in [2.45, 2.75) is 12.8 Å².